The Kier molecular flexibility index (Phi) is 3.66. The molecule has 0 amide bonds. The third-order valence-corrected chi connectivity index (χ3v) is 4.99. The highest BCUT2D eigenvalue weighted by Crippen LogP contribution is 2.41. The highest BCUT2D eigenvalue weighted by atomic mass is 32.1. The summed E-state index contributed by atoms with van der Waals surface area (Å²) in [4.78, 5) is 1.56. The molecule has 0 bridgehead atoms. The Morgan fingerprint density at radius 1 is 1.58 bits per heavy atom. The summed E-state index contributed by atoms with van der Waals surface area (Å²) in [6.45, 7) is 3.12. The fourth-order valence-electron chi connectivity index (χ4n) is 3.12. The Labute approximate surface area is 117 Å². The molecule has 1 aliphatic rings. The Morgan fingerprint density at radius 2 is 2.47 bits per heavy atom. The number of rotatable bonds is 4. The molecule has 19 heavy (non-hydrogen) atoms. The lowest BCUT2D eigenvalue weighted by Crippen LogP contribution is -2.30. The highest BCUT2D eigenvalue weighted by molar-refractivity contribution is 7.10. The van der Waals surface area contributed by atoms with Crippen LogP contribution in [0.2, 0.25) is 0 Å². The van der Waals surface area contributed by atoms with Crippen LogP contribution in [0.15, 0.2) is 17.6 Å². The van der Waals surface area contributed by atoms with Gasteiger partial charge >= 0.3 is 0 Å². The molecule has 2 aromatic heterocycles. The van der Waals surface area contributed by atoms with E-state index in [4.69, 9.17) is 0 Å². The maximum atomic E-state index is 4.09. The van der Waals surface area contributed by atoms with E-state index in [0.29, 0.717) is 12.0 Å². The Balaban J connectivity index is 1.96. The van der Waals surface area contributed by atoms with Gasteiger partial charge in [0.15, 0.2) is 0 Å². The van der Waals surface area contributed by atoms with E-state index < -0.39 is 0 Å². The summed E-state index contributed by atoms with van der Waals surface area (Å²) in [5, 5.41) is 14.0. The van der Waals surface area contributed by atoms with E-state index in [1.54, 1.807) is 4.88 Å². The van der Waals surface area contributed by atoms with Crippen molar-refractivity contribution in [2.75, 3.05) is 6.54 Å². The molecule has 0 saturated heterocycles. The monoisotopic (exact) mass is 276 g/mol. The van der Waals surface area contributed by atoms with E-state index >= 15 is 0 Å². The van der Waals surface area contributed by atoms with Gasteiger partial charge in [-0.25, -0.2) is 0 Å². The van der Waals surface area contributed by atoms with Gasteiger partial charge in [0.05, 0.1) is 17.9 Å². The average Bonchev–Trinajstić information content (AvgIpc) is 3.04. The molecule has 0 spiro atoms. The SMILES string of the molecule is CCNC(c1cnnn1C)C1CCCc2sccc21. The summed E-state index contributed by atoms with van der Waals surface area (Å²) < 4.78 is 1.90. The molecule has 5 heteroatoms. The minimum absolute atomic E-state index is 0.318. The van der Waals surface area contributed by atoms with Gasteiger partial charge in [-0.3, -0.25) is 4.68 Å². The molecule has 0 saturated carbocycles. The lowest BCUT2D eigenvalue weighted by atomic mass is 9.81. The van der Waals surface area contributed by atoms with Gasteiger partial charge < -0.3 is 5.32 Å². The molecule has 102 valence electrons. The average molecular weight is 276 g/mol. The predicted octanol–water partition coefficient (Wildman–Crippen LogP) is 2.65. The zero-order valence-corrected chi connectivity index (χ0v) is 12.3. The molecule has 2 unspecified atom stereocenters. The summed E-state index contributed by atoms with van der Waals surface area (Å²) in [6.07, 6.45) is 5.66. The molecule has 2 atom stereocenters. The number of hydrogen-bond acceptors (Lipinski definition) is 4. The van der Waals surface area contributed by atoms with Crippen LogP contribution in [0.4, 0.5) is 0 Å². The van der Waals surface area contributed by atoms with Crippen molar-refractivity contribution in [1.82, 2.24) is 20.3 Å². The van der Waals surface area contributed by atoms with Crippen molar-refractivity contribution in [2.24, 2.45) is 7.05 Å². The van der Waals surface area contributed by atoms with Gasteiger partial charge in [0.25, 0.3) is 0 Å². The van der Waals surface area contributed by atoms with Crippen LogP contribution in [-0.2, 0) is 13.5 Å². The molecule has 1 aliphatic carbocycles. The molecule has 2 aromatic rings. The van der Waals surface area contributed by atoms with E-state index in [1.165, 1.54) is 30.5 Å². The van der Waals surface area contributed by atoms with Crippen molar-refractivity contribution < 1.29 is 0 Å². The lowest BCUT2D eigenvalue weighted by molar-refractivity contribution is 0.392. The van der Waals surface area contributed by atoms with Crippen LogP contribution in [0, 0.1) is 0 Å². The van der Waals surface area contributed by atoms with Gasteiger partial charge in [0.1, 0.15) is 0 Å². The predicted molar refractivity (Wildman–Crippen MR) is 77.4 cm³/mol. The van der Waals surface area contributed by atoms with Crippen molar-refractivity contribution >= 4 is 11.3 Å². The number of aromatic nitrogens is 3. The van der Waals surface area contributed by atoms with Gasteiger partial charge in [-0.1, -0.05) is 12.1 Å². The zero-order chi connectivity index (χ0) is 13.2. The van der Waals surface area contributed by atoms with E-state index in [0.717, 1.165) is 6.54 Å². The highest BCUT2D eigenvalue weighted by Gasteiger charge is 2.31. The van der Waals surface area contributed by atoms with E-state index in [2.05, 4.69) is 34.0 Å². The van der Waals surface area contributed by atoms with Crippen LogP contribution < -0.4 is 5.32 Å². The molecule has 2 heterocycles. The molecule has 0 radical (unpaired) electrons. The van der Waals surface area contributed by atoms with Gasteiger partial charge in [0, 0.05) is 17.8 Å². The summed E-state index contributed by atoms with van der Waals surface area (Å²) in [6, 6.07) is 2.62. The Bertz CT molecular complexity index is 545. The standard InChI is InChI=1S/C14H20N4S/c1-3-15-14(12-9-16-17-18(12)2)11-5-4-6-13-10(11)7-8-19-13/h7-9,11,14-15H,3-6H2,1-2H3. The first kappa shape index (κ1) is 12.8. The summed E-state index contributed by atoms with van der Waals surface area (Å²) in [7, 11) is 1.98. The maximum absolute atomic E-state index is 4.09. The first-order valence-corrected chi connectivity index (χ1v) is 7.83. The summed E-state index contributed by atoms with van der Waals surface area (Å²) in [5.41, 5.74) is 2.72. The molecule has 4 nitrogen and oxygen atoms in total. The van der Waals surface area contributed by atoms with E-state index in [-0.39, 0.29) is 0 Å². The van der Waals surface area contributed by atoms with Crippen LogP contribution in [0.25, 0.3) is 0 Å². The normalized spacial score (nSPS) is 20.2. The number of hydrogen-bond donors (Lipinski definition) is 1. The maximum Gasteiger partial charge on any atom is 0.0759 e. The molecule has 0 fully saturated rings. The first-order valence-electron chi connectivity index (χ1n) is 6.95. The van der Waals surface area contributed by atoms with Crippen molar-refractivity contribution in [1.29, 1.82) is 0 Å². The Morgan fingerprint density at radius 3 is 3.21 bits per heavy atom. The summed E-state index contributed by atoms with van der Waals surface area (Å²) >= 11 is 1.90. The van der Waals surface area contributed by atoms with Crippen molar-refractivity contribution in [3.8, 4) is 0 Å². The van der Waals surface area contributed by atoms with E-state index in [1.807, 2.05) is 29.3 Å². The topological polar surface area (TPSA) is 42.7 Å². The minimum Gasteiger partial charge on any atom is -0.308 e. The van der Waals surface area contributed by atoms with Crippen molar-refractivity contribution in [2.45, 2.75) is 38.1 Å². The molecule has 0 aliphatic heterocycles. The van der Waals surface area contributed by atoms with Gasteiger partial charge in [0.2, 0.25) is 0 Å². The second-order valence-corrected chi connectivity index (χ2v) is 6.12. The van der Waals surface area contributed by atoms with Crippen LogP contribution in [-0.4, -0.2) is 21.5 Å². The van der Waals surface area contributed by atoms with Gasteiger partial charge in [-0.15, -0.1) is 16.4 Å². The number of nitrogens with zero attached hydrogens (tertiary/aromatic N) is 3. The molecule has 1 N–H and O–H groups in total. The lowest BCUT2D eigenvalue weighted by Gasteiger charge is -2.31. The zero-order valence-electron chi connectivity index (χ0n) is 11.5. The molecular formula is C14H20N4S. The fourth-order valence-corrected chi connectivity index (χ4v) is 4.12. The van der Waals surface area contributed by atoms with Crippen LogP contribution >= 0.6 is 11.3 Å². The second kappa shape index (κ2) is 5.43. The van der Waals surface area contributed by atoms with Gasteiger partial charge in [-0.2, -0.15) is 0 Å². The third kappa shape index (κ3) is 2.32. The number of aryl methyl sites for hydroxylation is 2. The molecular weight excluding hydrogens is 256 g/mol. The first-order chi connectivity index (χ1) is 9.31. The minimum atomic E-state index is 0.318. The molecule has 0 aromatic carbocycles. The summed E-state index contributed by atoms with van der Waals surface area (Å²) in [5.74, 6) is 0.548. The largest absolute Gasteiger partial charge is 0.308 e. The van der Waals surface area contributed by atoms with Gasteiger partial charge in [-0.05, 0) is 42.8 Å². The van der Waals surface area contributed by atoms with Crippen LogP contribution in [0.1, 0.15) is 47.9 Å². The van der Waals surface area contributed by atoms with Crippen LogP contribution in [0.5, 0.6) is 0 Å². The number of nitrogens with one attached hydrogen (secondary N) is 1. The van der Waals surface area contributed by atoms with Crippen LogP contribution in [0.3, 0.4) is 0 Å². The van der Waals surface area contributed by atoms with Crippen molar-refractivity contribution in [3.63, 3.8) is 0 Å². The second-order valence-electron chi connectivity index (χ2n) is 5.12. The fraction of sp³-hybridized carbons (Fsp3) is 0.571. The smallest absolute Gasteiger partial charge is 0.0759 e. The van der Waals surface area contributed by atoms with E-state index in [9.17, 15) is 0 Å². The van der Waals surface area contributed by atoms with Crippen molar-refractivity contribution in [3.05, 3.63) is 33.8 Å². The third-order valence-electron chi connectivity index (χ3n) is 3.99. The number of thiophene rings is 1. The number of fused-ring (bicyclic) bond motifs is 1. The quantitative estimate of drug-likeness (QED) is 0.933. The molecule has 3 rings (SSSR count). The number of likely N-dealkylation sites (N-methyl/N-ethyl adjacent to an activating group) is 1. The Hall–Kier alpha value is -1.20.